The largest absolute Gasteiger partial charge is 0.444 e. The first-order chi connectivity index (χ1) is 10.1. The first kappa shape index (κ1) is 16.7. The number of carbonyl (C=O) groups is 3. The second-order valence-corrected chi connectivity index (χ2v) is 7.09. The second kappa shape index (κ2) is 5.87. The summed E-state index contributed by atoms with van der Waals surface area (Å²) >= 11 is 0. The molecule has 22 heavy (non-hydrogen) atoms. The summed E-state index contributed by atoms with van der Waals surface area (Å²) in [4.78, 5) is 36.2. The molecule has 0 aliphatic carbocycles. The van der Waals surface area contributed by atoms with E-state index in [0.29, 0.717) is 19.6 Å². The van der Waals surface area contributed by atoms with Gasteiger partial charge in [-0.25, -0.2) is 4.79 Å². The summed E-state index contributed by atoms with van der Waals surface area (Å²) in [6, 6.07) is -0.781. The number of nitrogens with one attached hydrogen (secondary N) is 2. The lowest BCUT2D eigenvalue weighted by Crippen LogP contribution is -2.49. The van der Waals surface area contributed by atoms with Crippen molar-refractivity contribution in [2.24, 2.45) is 5.92 Å². The van der Waals surface area contributed by atoms with Gasteiger partial charge in [-0.1, -0.05) is 0 Å². The van der Waals surface area contributed by atoms with E-state index in [9.17, 15) is 14.4 Å². The molecule has 2 heterocycles. The lowest BCUT2D eigenvalue weighted by atomic mass is 9.91. The van der Waals surface area contributed by atoms with Crippen molar-refractivity contribution in [1.29, 1.82) is 0 Å². The molecule has 3 unspecified atom stereocenters. The maximum atomic E-state index is 12.5. The number of amides is 2. The predicted octanol–water partition coefficient (Wildman–Crippen LogP) is 0.764. The third-order valence-electron chi connectivity index (χ3n) is 3.79. The minimum Gasteiger partial charge on any atom is -0.444 e. The van der Waals surface area contributed by atoms with Crippen molar-refractivity contribution in [3.63, 3.8) is 0 Å². The van der Waals surface area contributed by atoms with E-state index in [2.05, 4.69) is 10.6 Å². The van der Waals surface area contributed by atoms with E-state index in [1.807, 2.05) is 0 Å². The molecule has 0 bridgehead atoms. The highest BCUT2D eigenvalue weighted by molar-refractivity contribution is 5.96. The first-order valence-corrected chi connectivity index (χ1v) is 7.56. The fourth-order valence-electron chi connectivity index (χ4n) is 2.45. The summed E-state index contributed by atoms with van der Waals surface area (Å²) < 4.78 is 10.4. The van der Waals surface area contributed by atoms with Crippen molar-refractivity contribution in [2.75, 3.05) is 13.2 Å². The van der Waals surface area contributed by atoms with Crippen LogP contribution < -0.4 is 10.6 Å². The Hall–Kier alpha value is -1.63. The number of ketones is 1. The zero-order chi connectivity index (χ0) is 16.5. The van der Waals surface area contributed by atoms with Gasteiger partial charge in [0, 0.05) is 12.5 Å². The Morgan fingerprint density at radius 2 is 2.14 bits per heavy atom. The molecule has 2 N–H and O–H groups in total. The van der Waals surface area contributed by atoms with E-state index in [1.165, 1.54) is 0 Å². The van der Waals surface area contributed by atoms with E-state index in [1.54, 1.807) is 27.7 Å². The molecular weight excluding hydrogens is 288 g/mol. The zero-order valence-electron chi connectivity index (χ0n) is 13.5. The SMILES string of the molecule is CC(C)(C)OC(=O)NC(CC1CCNC1=O)C(=O)C1(C)CO1. The Labute approximate surface area is 130 Å². The van der Waals surface area contributed by atoms with Crippen LogP contribution in [0, 0.1) is 5.92 Å². The number of epoxide rings is 1. The van der Waals surface area contributed by atoms with E-state index >= 15 is 0 Å². The van der Waals surface area contributed by atoms with Crippen molar-refractivity contribution >= 4 is 17.8 Å². The second-order valence-electron chi connectivity index (χ2n) is 7.09. The van der Waals surface area contributed by atoms with Gasteiger partial charge in [-0.2, -0.15) is 0 Å². The molecule has 7 nitrogen and oxygen atoms in total. The number of rotatable bonds is 5. The van der Waals surface area contributed by atoms with Gasteiger partial charge >= 0.3 is 6.09 Å². The summed E-state index contributed by atoms with van der Waals surface area (Å²) in [5, 5.41) is 5.33. The van der Waals surface area contributed by atoms with Gasteiger partial charge in [-0.05, 0) is 40.5 Å². The van der Waals surface area contributed by atoms with Gasteiger partial charge in [-0.15, -0.1) is 0 Å². The average molecular weight is 312 g/mol. The van der Waals surface area contributed by atoms with Gasteiger partial charge in [-0.3, -0.25) is 9.59 Å². The van der Waals surface area contributed by atoms with Crippen LogP contribution in [0.25, 0.3) is 0 Å². The van der Waals surface area contributed by atoms with Crippen LogP contribution in [0.1, 0.15) is 40.5 Å². The lowest BCUT2D eigenvalue weighted by molar-refractivity contribution is -0.127. The average Bonchev–Trinajstić information content (AvgIpc) is 3.00. The molecule has 2 fully saturated rings. The van der Waals surface area contributed by atoms with Gasteiger partial charge in [0.25, 0.3) is 0 Å². The van der Waals surface area contributed by atoms with E-state index in [-0.39, 0.29) is 24.0 Å². The summed E-state index contributed by atoms with van der Waals surface area (Å²) in [7, 11) is 0. The quantitative estimate of drug-likeness (QED) is 0.731. The fraction of sp³-hybridized carbons (Fsp3) is 0.800. The highest BCUT2D eigenvalue weighted by atomic mass is 16.6. The molecule has 0 aromatic rings. The normalized spacial score (nSPS) is 28.7. The molecule has 0 spiro atoms. The Bertz CT molecular complexity index is 479. The highest BCUT2D eigenvalue weighted by Gasteiger charge is 2.51. The Morgan fingerprint density at radius 1 is 1.50 bits per heavy atom. The number of hydrogen-bond acceptors (Lipinski definition) is 5. The highest BCUT2D eigenvalue weighted by Crippen LogP contribution is 2.30. The molecule has 2 amide bonds. The van der Waals surface area contributed by atoms with Gasteiger partial charge in [0.15, 0.2) is 5.78 Å². The third kappa shape index (κ3) is 4.19. The Balaban J connectivity index is 2.03. The fourth-order valence-corrected chi connectivity index (χ4v) is 2.45. The molecule has 0 aromatic carbocycles. The molecule has 2 aliphatic rings. The van der Waals surface area contributed by atoms with Crippen LogP contribution >= 0.6 is 0 Å². The molecule has 7 heteroatoms. The van der Waals surface area contributed by atoms with E-state index < -0.39 is 23.3 Å². The molecule has 2 aliphatic heterocycles. The molecule has 0 aromatic heterocycles. The van der Waals surface area contributed by atoms with Crippen LogP contribution in [0.15, 0.2) is 0 Å². The smallest absolute Gasteiger partial charge is 0.408 e. The van der Waals surface area contributed by atoms with Crippen LogP contribution in [-0.2, 0) is 19.1 Å². The summed E-state index contributed by atoms with van der Waals surface area (Å²) in [5.74, 6) is -0.560. The first-order valence-electron chi connectivity index (χ1n) is 7.56. The molecule has 0 saturated carbocycles. The number of alkyl carbamates (subject to hydrolysis) is 1. The van der Waals surface area contributed by atoms with Crippen LogP contribution in [0.4, 0.5) is 4.79 Å². The third-order valence-corrected chi connectivity index (χ3v) is 3.79. The molecule has 0 radical (unpaired) electrons. The maximum absolute atomic E-state index is 12.5. The molecule has 2 rings (SSSR count). The van der Waals surface area contributed by atoms with Crippen molar-refractivity contribution in [3.8, 4) is 0 Å². The lowest BCUT2D eigenvalue weighted by Gasteiger charge is -2.25. The van der Waals surface area contributed by atoms with Crippen molar-refractivity contribution < 1.29 is 23.9 Å². The molecule has 124 valence electrons. The standard InChI is InChI=1S/C15H24N2O5/c1-14(2,3)22-13(20)17-10(11(18)15(4)8-21-15)7-9-5-6-16-12(9)19/h9-10H,5-8H2,1-4H3,(H,16,19)(H,17,20). The number of ether oxygens (including phenoxy) is 2. The number of hydrogen-bond donors (Lipinski definition) is 2. The minimum absolute atomic E-state index is 0.0781. The van der Waals surface area contributed by atoms with Crippen LogP contribution in [0.2, 0.25) is 0 Å². The van der Waals surface area contributed by atoms with Crippen LogP contribution in [0.5, 0.6) is 0 Å². The Kier molecular flexibility index (Phi) is 4.47. The molecule has 2 saturated heterocycles. The van der Waals surface area contributed by atoms with Crippen molar-refractivity contribution in [2.45, 2.75) is 57.8 Å². The minimum atomic E-state index is -0.852. The summed E-state index contributed by atoms with van der Waals surface area (Å²) in [6.45, 7) is 7.88. The van der Waals surface area contributed by atoms with Crippen molar-refractivity contribution in [3.05, 3.63) is 0 Å². The van der Waals surface area contributed by atoms with E-state index in [4.69, 9.17) is 9.47 Å². The van der Waals surface area contributed by atoms with Crippen LogP contribution in [0.3, 0.4) is 0 Å². The van der Waals surface area contributed by atoms with Crippen molar-refractivity contribution in [1.82, 2.24) is 10.6 Å². The van der Waals surface area contributed by atoms with Crippen LogP contribution in [-0.4, -0.2) is 48.2 Å². The van der Waals surface area contributed by atoms with Gasteiger partial charge < -0.3 is 20.1 Å². The predicted molar refractivity (Wildman–Crippen MR) is 78.3 cm³/mol. The monoisotopic (exact) mass is 312 g/mol. The van der Waals surface area contributed by atoms with Gasteiger partial charge in [0.2, 0.25) is 5.91 Å². The van der Waals surface area contributed by atoms with E-state index in [0.717, 1.165) is 0 Å². The number of carbonyl (C=O) groups excluding carboxylic acids is 3. The number of Topliss-reactive ketones (excluding diaryl/α,β-unsaturated/α-hetero) is 1. The van der Waals surface area contributed by atoms with Gasteiger partial charge in [0.05, 0.1) is 12.6 Å². The maximum Gasteiger partial charge on any atom is 0.408 e. The topological polar surface area (TPSA) is 97.0 Å². The van der Waals surface area contributed by atoms with Gasteiger partial charge in [0.1, 0.15) is 11.2 Å². The zero-order valence-corrected chi connectivity index (χ0v) is 13.5. The summed E-state index contributed by atoms with van der Waals surface area (Å²) in [5.41, 5.74) is -1.50. The molecular formula is C15H24N2O5. The molecule has 3 atom stereocenters. The summed E-state index contributed by atoms with van der Waals surface area (Å²) in [6.07, 6.45) is 0.271. The Morgan fingerprint density at radius 3 is 2.59 bits per heavy atom.